The van der Waals surface area contributed by atoms with Crippen LogP contribution < -0.4 is 5.32 Å². The maximum absolute atomic E-state index is 12.7. The number of H-pyrrole nitrogens is 1. The Morgan fingerprint density at radius 2 is 1.71 bits per heavy atom. The van der Waals surface area contributed by atoms with Gasteiger partial charge in [-0.25, -0.2) is 9.97 Å². The van der Waals surface area contributed by atoms with Crippen LogP contribution in [0.5, 0.6) is 0 Å². The normalized spacial score (nSPS) is 11.5. The molecular formula is C19H12F3N5O. The third-order valence-corrected chi connectivity index (χ3v) is 3.96. The van der Waals surface area contributed by atoms with Crippen molar-refractivity contribution in [1.82, 2.24) is 19.9 Å². The first-order chi connectivity index (χ1) is 13.4. The van der Waals surface area contributed by atoms with Gasteiger partial charge in [-0.2, -0.15) is 13.2 Å². The van der Waals surface area contributed by atoms with Crippen LogP contribution in [0.3, 0.4) is 0 Å². The van der Waals surface area contributed by atoms with E-state index in [1.165, 1.54) is 0 Å². The number of benzene rings is 2. The molecule has 1 amide bonds. The summed E-state index contributed by atoms with van der Waals surface area (Å²) in [6.45, 7) is 0. The van der Waals surface area contributed by atoms with Crippen LogP contribution in [0.25, 0.3) is 22.4 Å². The van der Waals surface area contributed by atoms with Crippen molar-refractivity contribution in [2.75, 3.05) is 5.32 Å². The van der Waals surface area contributed by atoms with E-state index >= 15 is 0 Å². The van der Waals surface area contributed by atoms with Crippen LogP contribution in [-0.2, 0) is 6.18 Å². The standard InChI is InChI=1S/C19H12F3N5O/c20-19(21,22)16-10-23-9-15(25-16)18(28)24-12-7-5-11(6-8-12)17-26-13-3-1-2-4-14(13)27-17/h1-10H,(H,24,28)(H,26,27). The number of anilines is 1. The van der Waals surface area contributed by atoms with Crippen molar-refractivity contribution >= 4 is 22.6 Å². The first-order valence-electron chi connectivity index (χ1n) is 8.16. The van der Waals surface area contributed by atoms with E-state index in [2.05, 4.69) is 25.3 Å². The quantitative estimate of drug-likeness (QED) is 0.553. The minimum atomic E-state index is -4.67. The molecule has 2 N–H and O–H groups in total. The number of fused-ring (bicyclic) bond motifs is 1. The summed E-state index contributed by atoms with van der Waals surface area (Å²) in [5.74, 6) is -0.113. The van der Waals surface area contributed by atoms with Crippen LogP contribution in [0.15, 0.2) is 60.9 Å². The number of imidazole rings is 1. The molecule has 28 heavy (non-hydrogen) atoms. The zero-order chi connectivity index (χ0) is 19.7. The topological polar surface area (TPSA) is 83.6 Å². The number of nitrogens with one attached hydrogen (secondary N) is 2. The van der Waals surface area contributed by atoms with Crippen LogP contribution in [0.2, 0.25) is 0 Å². The van der Waals surface area contributed by atoms with Gasteiger partial charge in [0.05, 0.1) is 23.4 Å². The van der Waals surface area contributed by atoms with Gasteiger partial charge in [-0.15, -0.1) is 0 Å². The lowest BCUT2D eigenvalue weighted by Crippen LogP contribution is -2.17. The second kappa shape index (κ2) is 6.76. The van der Waals surface area contributed by atoms with Gasteiger partial charge in [-0.3, -0.25) is 9.78 Å². The number of carbonyl (C=O) groups is 1. The molecule has 0 saturated carbocycles. The molecule has 4 aromatic rings. The molecule has 0 aliphatic rings. The van der Waals surface area contributed by atoms with Gasteiger partial charge in [0.2, 0.25) is 0 Å². The zero-order valence-corrected chi connectivity index (χ0v) is 14.2. The van der Waals surface area contributed by atoms with E-state index in [0.29, 0.717) is 17.7 Å². The second-order valence-corrected chi connectivity index (χ2v) is 5.92. The lowest BCUT2D eigenvalue weighted by Gasteiger charge is -2.08. The van der Waals surface area contributed by atoms with Gasteiger partial charge in [0, 0.05) is 11.3 Å². The summed E-state index contributed by atoms with van der Waals surface area (Å²) < 4.78 is 38.1. The summed E-state index contributed by atoms with van der Waals surface area (Å²) in [7, 11) is 0. The highest BCUT2D eigenvalue weighted by molar-refractivity contribution is 6.02. The van der Waals surface area contributed by atoms with Crippen LogP contribution >= 0.6 is 0 Å². The Kier molecular flexibility index (Phi) is 4.26. The molecule has 4 rings (SSSR count). The predicted octanol–water partition coefficient (Wildman–Crippen LogP) is 4.29. The van der Waals surface area contributed by atoms with Gasteiger partial charge < -0.3 is 10.3 Å². The fraction of sp³-hybridized carbons (Fsp3) is 0.0526. The van der Waals surface area contributed by atoms with E-state index in [9.17, 15) is 18.0 Å². The number of hydrogen-bond donors (Lipinski definition) is 2. The monoisotopic (exact) mass is 383 g/mol. The van der Waals surface area contributed by atoms with E-state index in [0.717, 1.165) is 22.8 Å². The molecule has 0 radical (unpaired) electrons. The Hall–Kier alpha value is -3.75. The number of rotatable bonds is 3. The second-order valence-electron chi connectivity index (χ2n) is 5.92. The summed E-state index contributed by atoms with van der Waals surface area (Å²) in [4.78, 5) is 26.6. The van der Waals surface area contributed by atoms with Crippen molar-refractivity contribution < 1.29 is 18.0 Å². The fourth-order valence-electron chi connectivity index (χ4n) is 2.61. The third-order valence-electron chi connectivity index (χ3n) is 3.96. The molecule has 2 aromatic carbocycles. The first kappa shape index (κ1) is 17.7. The van der Waals surface area contributed by atoms with Crippen molar-refractivity contribution in [3.8, 4) is 11.4 Å². The Balaban J connectivity index is 1.52. The van der Waals surface area contributed by atoms with Crippen molar-refractivity contribution in [3.63, 3.8) is 0 Å². The van der Waals surface area contributed by atoms with Gasteiger partial charge in [-0.1, -0.05) is 12.1 Å². The van der Waals surface area contributed by atoms with Gasteiger partial charge >= 0.3 is 6.18 Å². The number of nitrogens with zero attached hydrogens (tertiary/aromatic N) is 3. The molecule has 0 fully saturated rings. The number of hydrogen-bond acceptors (Lipinski definition) is 4. The summed E-state index contributed by atoms with van der Waals surface area (Å²) in [5, 5.41) is 2.50. The van der Waals surface area contributed by atoms with Gasteiger partial charge in [-0.05, 0) is 36.4 Å². The highest BCUT2D eigenvalue weighted by Gasteiger charge is 2.33. The molecule has 0 aliphatic carbocycles. The summed E-state index contributed by atoms with van der Waals surface area (Å²) >= 11 is 0. The molecule has 0 saturated heterocycles. The summed E-state index contributed by atoms with van der Waals surface area (Å²) in [6, 6.07) is 14.3. The smallest absolute Gasteiger partial charge is 0.338 e. The Labute approximate surface area is 156 Å². The number of aromatic amines is 1. The lowest BCUT2D eigenvalue weighted by atomic mass is 10.2. The van der Waals surface area contributed by atoms with Crippen LogP contribution in [0, 0.1) is 0 Å². The molecule has 2 heterocycles. The minimum Gasteiger partial charge on any atom is -0.338 e. The molecule has 9 heteroatoms. The first-order valence-corrected chi connectivity index (χ1v) is 8.16. The van der Waals surface area contributed by atoms with Gasteiger partial charge in [0.15, 0.2) is 5.69 Å². The predicted molar refractivity (Wildman–Crippen MR) is 96.5 cm³/mol. The van der Waals surface area contributed by atoms with Crippen molar-refractivity contribution in [1.29, 1.82) is 0 Å². The molecule has 6 nitrogen and oxygen atoms in total. The SMILES string of the molecule is O=C(Nc1ccc(-c2nc3ccccc3[nH]2)cc1)c1cncc(C(F)(F)F)n1. The van der Waals surface area contributed by atoms with Crippen LogP contribution in [0.4, 0.5) is 18.9 Å². The van der Waals surface area contributed by atoms with E-state index in [1.807, 2.05) is 24.3 Å². The minimum absolute atomic E-state index is 0.407. The number of para-hydroxylation sites is 2. The molecule has 0 aliphatic heterocycles. The van der Waals surface area contributed by atoms with Crippen molar-refractivity contribution in [3.05, 3.63) is 72.3 Å². The largest absolute Gasteiger partial charge is 0.434 e. The molecule has 0 unspecified atom stereocenters. The van der Waals surface area contributed by atoms with Crippen molar-refractivity contribution in [2.45, 2.75) is 6.18 Å². The van der Waals surface area contributed by atoms with Gasteiger partial charge in [0.1, 0.15) is 11.5 Å². The third kappa shape index (κ3) is 3.54. The van der Waals surface area contributed by atoms with Crippen molar-refractivity contribution in [2.24, 2.45) is 0 Å². The molecule has 2 aromatic heterocycles. The highest BCUT2D eigenvalue weighted by atomic mass is 19.4. The molecule has 0 bridgehead atoms. The number of amides is 1. The van der Waals surface area contributed by atoms with Crippen LogP contribution in [-0.4, -0.2) is 25.8 Å². The highest BCUT2D eigenvalue weighted by Crippen LogP contribution is 2.27. The number of carbonyl (C=O) groups excluding carboxylic acids is 1. The Morgan fingerprint density at radius 3 is 2.43 bits per heavy atom. The molecular weight excluding hydrogens is 371 g/mol. The zero-order valence-electron chi connectivity index (χ0n) is 14.2. The summed E-state index contributed by atoms with van der Waals surface area (Å²) in [6.07, 6.45) is -3.12. The molecule has 140 valence electrons. The number of halogens is 3. The Morgan fingerprint density at radius 1 is 0.964 bits per heavy atom. The Bertz CT molecular complexity index is 1120. The van der Waals surface area contributed by atoms with E-state index < -0.39 is 23.5 Å². The van der Waals surface area contributed by atoms with Crippen LogP contribution in [0.1, 0.15) is 16.2 Å². The lowest BCUT2D eigenvalue weighted by molar-refractivity contribution is -0.141. The molecule has 0 atom stereocenters. The summed E-state index contributed by atoms with van der Waals surface area (Å²) in [5.41, 5.74) is 1.30. The number of aromatic nitrogens is 4. The fourth-order valence-corrected chi connectivity index (χ4v) is 2.61. The maximum Gasteiger partial charge on any atom is 0.434 e. The van der Waals surface area contributed by atoms with E-state index in [1.54, 1.807) is 24.3 Å². The van der Waals surface area contributed by atoms with Gasteiger partial charge in [0.25, 0.3) is 5.91 Å². The maximum atomic E-state index is 12.7. The molecule has 0 spiro atoms. The van der Waals surface area contributed by atoms with E-state index in [-0.39, 0.29) is 0 Å². The average Bonchev–Trinajstić information content (AvgIpc) is 3.12. The average molecular weight is 383 g/mol. The number of alkyl halides is 3. The van der Waals surface area contributed by atoms with E-state index in [4.69, 9.17) is 0 Å².